The number of benzene rings is 2. The van der Waals surface area contributed by atoms with Crippen LogP contribution in [-0.2, 0) is 15.1 Å². The summed E-state index contributed by atoms with van der Waals surface area (Å²) in [5.74, 6) is -0.327. The predicted molar refractivity (Wildman–Crippen MR) is 128 cm³/mol. The van der Waals surface area contributed by atoms with Crippen LogP contribution < -0.4 is 10.6 Å². The Morgan fingerprint density at radius 3 is 2.48 bits per heavy atom. The maximum Gasteiger partial charge on any atom is 0.311 e. The molecule has 3 unspecified atom stereocenters. The Balaban J connectivity index is 1.44. The number of allylic oxidation sites excluding steroid dienone is 3. The minimum atomic E-state index is -0.318. The summed E-state index contributed by atoms with van der Waals surface area (Å²) >= 11 is 0. The van der Waals surface area contributed by atoms with E-state index >= 15 is 0 Å². The molecular weight excluding hydrogens is 415 g/mol. The van der Waals surface area contributed by atoms with E-state index < -0.39 is 0 Å². The smallest absolute Gasteiger partial charge is 0.311 e. The fraction of sp³-hybridized carbons (Fsp3) is 0.321. The summed E-state index contributed by atoms with van der Waals surface area (Å²) in [6.07, 6.45) is 4.40. The Bertz CT molecular complexity index is 1160. The Hall–Kier alpha value is -3.02. The van der Waals surface area contributed by atoms with Gasteiger partial charge in [-0.1, -0.05) is 54.6 Å². The number of carbonyl (C=O) groups is 1. The number of nitrogens with one attached hydrogen (secondary N) is 2. The molecule has 5 heteroatoms. The van der Waals surface area contributed by atoms with Crippen LogP contribution in [0.1, 0.15) is 25.0 Å². The molecular formula is C28H29FN2O2. The lowest BCUT2D eigenvalue weighted by Crippen LogP contribution is -2.62. The van der Waals surface area contributed by atoms with Crippen LogP contribution in [0.3, 0.4) is 0 Å². The fourth-order valence-electron chi connectivity index (χ4n) is 5.23. The van der Waals surface area contributed by atoms with Gasteiger partial charge in [-0.25, -0.2) is 4.39 Å². The van der Waals surface area contributed by atoms with Gasteiger partial charge in [0.15, 0.2) is 0 Å². The molecule has 1 heterocycles. The van der Waals surface area contributed by atoms with Crippen molar-refractivity contribution in [3.05, 3.63) is 100 Å². The number of rotatable bonds is 7. The Morgan fingerprint density at radius 1 is 1.12 bits per heavy atom. The molecule has 0 spiro atoms. The number of methoxy groups -OCH3 is 1. The van der Waals surface area contributed by atoms with Crippen LogP contribution in [0, 0.1) is 17.7 Å². The van der Waals surface area contributed by atoms with Crippen molar-refractivity contribution in [3.8, 4) is 0 Å². The van der Waals surface area contributed by atoms with Gasteiger partial charge in [0.2, 0.25) is 0 Å². The van der Waals surface area contributed by atoms with Crippen molar-refractivity contribution in [3.63, 3.8) is 0 Å². The second kappa shape index (κ2) is 8.40. The number of carbonyl (C=O) groups excluding carboxylic acids is 1. The molecule has 2 aliphatic carbocycles. The number of ether oxygens (including phenoxy) is 1. The molecule has 1 aliphatic heterocycles. The molecule has 0 aromatic heterocycles. The number of hydrogen-bond acceptors (Lipinski definition) is 4. The molecule has 0 radical (unpaired) electrons. The van der Waals surface area contributed by atoms with Gasteiger partial charge in [0.1, 0.15) is 5.82 Å². The molecule has 3 atom stereocenters. The first-order chi connectivity index (χ1) is 15.9. The number of esters is 1. The minimum Gasteiger partial charge on any atom is -0.469 e. The summed E-state index contributed by atoms with van der Waals surface area (Å²) in [4.78, 5) is 12.3. The largest absolute Gasteiger partial charge is 0.469 e. The van der Waals surface area contributed by atoms with Gasteiger partial charge in [-0.15, -0.1) is 0 Å². The highest BCUT2D eigenvalue weighted by Gasteiger charge is 2.51. The fourth-order valence-corrected chi connectivity index (χ4v) is 5.23. The zero-order valence-corrected chi connectivity index (χ0v) is 19.2. The topological polar surface area (TPSA) is 50.4 Å². The summed E-state index contributed by atoms with van der Waals surface area (Å²) in [5.41, 5.74) is 6.97. The Morgan fingerprint density at radius 2 is 1.85 bits per heavy atom. The summed E-state index contributed by atoms with van der Waals surface area (Å²) in [6, 6.07) is 17.1. The standard InChI is InChI=1S/C28H29FN2O2/c1-28(2,18-9-11-19(29)12-10-18)31-16-22-21-14-13-20(17-7-5-4-6-8-17)24(22)25(21)26-23(15-30-26)27(32)33-3/h4-14,23,25-26,30-31H,15-16H2,1-3H3. The van der Waals surface area contributed by atoms with Crippen molar-refractivity contribution in [2.24, 2.45) is 11.8 Å². The van der Waals surface area contributed by atoms with Crippen LogP contribution >= 0.6 is 0 Å². The molecule has 1 saturated heterocycles. The average molecular weight is 445 g/mol. The van der Waals surface area contributed by atoms with E-state index in [1.807, 2.05) is 18.2 Å². The average Bonchev–Trinajstić information content (AvgIpc) is 2.81. The van der Waals surface area contributed by atoms with E-state index in [4.69, 9.17) is 4.74 Å². The third-order valence-electron chi connectivity index (χ3n) is 7.27. The molecule has 170 valence electrons. The van der Waals surface area contributed by atoms with Gasteiger partial charge in [-0.3, -0.25) is 4.79 Å². The third kappa shape index (κ3) is 3.75. The highest BCUT2D eigenvalue weighted by molar-refractivity contribution is 5.91. The SMILES string of the molecule is COC(=O)C1CNC1C1c2ccc(-c3ccccc3)c1c2CNC(C)(C)c1ccc(F)cc1. The first kappa shape index (κ1) is 21.8. The van der Waals surface area contributed by atoms with Crippen molar-refractivity contribution < 1.29 is 13.9 Å². The molecule has 2 aromatic carbocycles. The summed E-state index contributed by atoms with van der Waals surface area (Å²) in [7, 11) is 1.46. The maximum absolute atomic E-state index is 13.4. The van der Waals surface area contributed by atoms with E-state index in [9.17, 15) is 9.18 Å². The monoisotopic (exact) mass is 444 g/mol. The molecule has 33 heavy (non-hydrogen) atoms. The zero-order chi connectivity index (χ0) is 23.2. The van der Waals surface area contributed by atoms with Crippen molar-refractivity contribution in [2.75, 3.05) is 20.2 Å². The first-order valence-electron chi connectivity index (χ1n) is 11.4. The predicted octanol–water partition coefficient (Wildman–Crippen LogP) is 4.36. The van der Waals surface area contributed by atoms with E-state index in [1.165, 1.54) is 47.1 Å². The number of hydrogen-bond donors (Lipinski definition) is 2. The molecule has 1 fully saturated rings. The summed E-state index contributed by atoms with van der Waals surface area (Å²) in [6.45, 7) is 5.58. The van der Waals surface area contributed by atoms with E-state index in [0.717, 1.165) is 5.56 Å². The van der Waals surface area contributed by atoms with E-state index in [-0.39, 0.29) is 35.2 Å². The van der Waals surface area contributed by atoms with Crippen LogP contribution in [0.25, 0.3) is 5.57 Å². The summed E-state index contributed by atoms with van der Waals surface area (Å²) < 4.78 is 18.4. The first-order valence-corrected chi connectivity index (χ1v) is 11.4. The van der Waals surface area contributed by atoms with Gasteiger partial charge in [-0.05, 0) is 59.4 Å². The molecule has 0 saturated carbocycles. The third-order valence-corrected chi connectivity index (χ3v) is 7.27. The molecule has 2 bridgehead atoms. The minimum absolute atomic E-state index is 0.0555. The molecule has 0 amide bonds. The van der Waals surface area contributed by atoms with Crippen LogP contribution in [-0.4, -0.2) is 32.2 Å². The van der Waals surface area contributed by atoms with Gasteiger partial charge >= 0.3 is 5.97 Å². The van der Waals surface area contributed by atoms with Gasteiger partial charge < -0.3 is 15.4 Å². The second-order valence-corrected chi connectivity index (χ2v) is 9.49. The van der Waals surface area contributed by atoms with Crippen molar-refractivity contribution in [1.82, 2.24) is 10.6 Å². The Kier molecular flexibility index (Phi) is 5.55. The lowest BCUT2D eigenvalue weighted by atomic mass is 9.59. The Labute approximate surface area is 194 Å². The number of fused-ring (bicyclic) bond motifs is 2. The van der Waals surface area contributed by atoms with Gasteiger partial charge in [0, 0.05) is 30.6 Å². The molecule has 2 aromatic rings. The van der Waals surface area contributed by atoms with Crippen LogP contribution in [0.4, 0.5) is 4.39 Å². The van der Waals surface area contributed by atoms with Crippen molar-refractivity contribution in [1.29, 1.82) is 0 Å². The lowest BCUT2D eigenvalue weighted by molar-refractivity contribution is -0.149. The van der Waals surface area contributed by atoms with E-state index in [0.29, 0.717) is 13.1 Å². The van der Waals surface area contributed by atoms with Gasteiger partial charge in [0.05, 0.1) is 13.0 Å². The van der Waals surface area contributed by atoms with Crippen LogP contribution in [0.15, 0.2) is 83.5 Å². The van der Waals surface area contributed by atoms with Crippen molar-refractivity contribution >= 4 is 11.5 Å². The molecule has 3 aliphatic rings. The molecule has 5 rings (SSSR count). The maximum atomic E-state index is 13.4. The van der Waals surface area contributed by atoms with E-state index in [2.05, 4.69) is 60.9 Å². The number of halogens is 1. The molecule has 4 nitrogen and oxygen atoms in total. The highest BCUT2D eigenvalue weighted by atomic mass is 19.1. The van der Waals surface area contributed by atoms with Crippen molar-refractivity contribution in [2.45, 2.75) is 25.4 Å². The quantitative estimate of drug-likeness (QED) is 0.623. The van der Waals surface area contributed by atoms with Crippen LogP contribution in [0.2, 0.25) is 0 Å². The van der Waals surface area contributed by atoms with Crippen LogP contribution in [0.5, 0.6) is 0 Å². The highest BCUT2D eigenvalue weighted by Crippen LogP contribution is 2.54. The van der Waals surface area contributed by atoms with Gasteiger partial charge in [-0.2, -0.15) is 0 Å². The zero-order valence-electron chi connectivity index (χ0n) is 19.2. The summed E-state index contributed by atoms with van der Waals surface area (Å²) in [5, 5.41) is 7.16. The second-order valence-electron chi connectivity index (χ2n) is 9.49. The lowest BCUT2D eigenvalue weighted by Gasteiger charge is -2.51. The van der Waals surface area contributed by atoms with E-state index in [1.54, 1.807) is 0 Å². The molecule has 2 N–H and O–H groups in total. The van der Waals surface area contributed by atoms with Gasteiger partial charge in [0.25, 0.3) is 0 Å². The normalized spacial score (nSPS) is 23.8.